The Kier molecular flexibility index (Phi) is 8.99. The molecule has 4 rings (SSSR count). The molecule has 38 heavy (non-hydrogen) atoms. The molecule has 1 aliphatic heterocycles. The molecule has 1 saturated heterocycles. The van der Waals surface area contributed by atoms with E-state index >= 15 is 0 Å². The minimum absolute atomic E-state index is 0.0928. The fourth-order valence-electron chi connectivity index (χ4n) is 3.60. The lowest BCUT2D eigenvalue weighted by molar-refractivity contribution is -0.123. The fourth-order valence-corrected chi connectivity index (χ4v) is 4.81. The van der Waals surface area contributed by atoms with Crippen LogP contribution >= 0.6 is 35.0 Å². The number of hydrogen-bond donors (Lipinski definition) is 1. The van der Waals surface area contributed by atoms with Gasteiger partial charge in [0.25, 0.3) is 17.1 Å². The van der Waals surface area contributed by atoms with Crippen molar-refractivity contribution in [3.63, 3.8) is 0 Å². The molecule has 0 atom stereocenters. The van der Waals surface area contributed by atoms with Crippen LogP contribution in [0.25, 0.3) is 6.08 Å². The molecule has 1 aliphatic rings. The van der Waals surface area contributed by atoms with Gasteiger partial charge < -0.3 is 14.8 Å². The Morgan fingerprint density at radius 2 is 1.79 bits per heavy atom. The van der Waals surface area contributed by atoms with Crippen LogP contribution in [0.1, 0.15) is 23.6 Å². The second-order valence-electron chi connectivity index (χ2n) is 8.30. The normalized spacial score (nSPS) is 14.2. The minimum Gasteiger partial charge on any atom is -0.490 e. The zero-order valence-electron chi connectivity index (χ0n) is 20.6. The molecule has 10 heteroatoms. The molecule has 0 saturated carbocycles. The highest BCUT2D eigenvalue weighted by molar-refractivity contribution is 8.18. The first-order chi connectivity index (χ1) is 18.2. The molecule has 0 aliphatic carbocycles. The SMILES string of the molecule is CCOc1cc(/C=C2\SC(=O)N(Cc3ccccc3Cl)C2=O)ccc1OCC(=O)Nc1ccc(C)c(Cl)c1. The van der Waals surface area contributed by atoms with Crippen LogP contribution in [0.5, 0.6) is 11.5 Å². The van der Waals surface area contributed by atoms with Crippen molar-refractivity contribution in [2.75, 3.05) is 18.5 Å². The third-order valence-corrected chi connectivity index (χ3v) is 7.22. The number of carbonyl (C=O) groups is 3. The van der Waals surface area contributed by atoms with Gasteiger partial charge in [-0.05, 0) is 78.7 Å². The molecule has 0 unspecified atom stereocenters. The van der Waals surface area contributed by atoms with Crippen molar-refractivity contribution in [2.24, 2.45) is 0 Å². The van der Waals surface area contributed by atoms with E-state index in [2.05, 4.69) is 5.32 Å². The summed E-state index contributed by atoms with van der Waals surface area (Å²) < 4.78 is 11.4. The summed E-state index contributed by atoms with van der Waals surface area (Å²) in [6.07, 6.45) is 1.62. The predicted molar refractivity (Wildman–Crippen MR) is 151 cm³/mol. The molecule has 0 spiro atoms. The molecule has 0 radical (unpaired) electrons. The number of imide groups is 1. The maximum Gasteiger partial charge on any atom is 0.293 e. The molecule has 1 fully saturated rings. The number of halogens is 2. The average Bonchev–Trinajstić information content (AvgIpc) is 3.14. The van der Waals surface area contributed by atoms with Gasteiger partial charge >= 0.3 is 0 Å². The van der Waals surface area contributed by atoms with Crippen molar-refractivity contribution in [2.45, 2.75) is 20.4 Å². The second kappa shape index (κ2) is 12.4. The Bertz CT molecular complexity index is 1430. The van der Waals surface area contributed by atoms with Gasteiger partial charge in [-0.3, -0.25) is 19.3 Å². The second-order valence-corrected chi connectivity index (χ2v) is 10.1. The molecule has 3 amide bonds. The van der Waals surface area contributed by atoms with Crippen molar-refractivity contribution >= 4 is 63.8 Å². The number of amides is 3. The number of nitrogens with one attached hydrogen (secondary N) is 1. The summed E-state index contributed by atoms with van der Waals surface area (Å²) in [7, 11) is 0. The average molecular weight is 571 g/mol. The van der Waals surface area contributed by atoms with Crippen LogP contribution < -0.4 is 14.8 Å². The van der Waals surface area contributed by atoms with Gasteiger partial charge in [-0.15, -0.1) is 0 Å². The smallest absolute Gasteiger partial charge is 0.293 e. The predicted octanol–water partition coefficient (Wildman–Crippen LogP) is 6.95. The van der Waals surface area contributed by atoms with Crippen LogP contribution in [0.4, 0.5) is 10.5 Å². The fraction of sp³-hybridized carbons (Fsp3) is 0.179. The van der Waals surface area contributed by atoms with E-state index in [-0.39, 0.29) is 29.2 Å². The first kappa shape index (κ1) is 27.6. The topological polar surface area (TPSA) is 84.9 Å². The number of nitrogens with zero attached hydrogens (tertiary/aromatic N) is 1. The van der Waals surface area contributed by atoms with Crippen LogP contribution in [0.2, 0.25) is 10.0 Å². The maximum absolute atomic E-state index is 12.9. The third-order valence-electron chi connectivity index (χ3n) is 5.54. The molecule has 0 aromatic heterocycles. The van der Waals surface area contributed by atoms with Crippen molar-refractivity contribution in [3.8, 4) is 11.5 Å². The lowest BCUT2D eigenvalue weighted by Gasteiger charge is -2.14. The number of hydrogen-bond acceptors (Lipinski definition) is 6. The summed E-state index contributed by atoms with van der Waals surface area (Å²) in [5.74, 6) is 0.0189. The number of aryl methyl sites for hydroxylation is 1. The van der Waals surface area contributed by atoms with E-state index in [1.54, 1.807) is 60.7 Å². The van der Waals surface area contributed by atoms with E-state index in [0.717, 1.165) is 17.3 Å². The van der Waals surface area contributed by atoms with Crippen LogP contribution in [-0.4, -0.2) is 35.2 Å². The summed E-state index contributed by atoms with van der Waals surface area (Å²) in [5.41, 5.74) is 2.81. The highest BCUT2D eigenvalue weighted by atomic mass is 35.5. The highest BCUT2D eigenvalue weighted by Gasteiger charge is 2.35. The quantitative estimate of drug-likeness (QED) is 0.280. The van der Waals surface area contributed by atoms with Crippen LogP contribution in [0, 0.1) is 6.92 Å². The minimum atomic E-state index is -0.397. The van der Waals surface area contributed by atoms with Gasteiger partial charge in [0.05, 0.1) is 18.1 Å². The van der Waals surface area contributed by atoms with Gasteiger partial charge in [0.1, 0.15) is 0 Å². The lowest BCUT2D eigenvalue weighted by Crippen LogP contribution is -2.27. The summed E-state index contributed by atoms with van der Waals surface area (Å²) in [4.78, 5) is 39.3. The van der Waals surface area contributed by atoms with E-state index in [1.807, 2.05) is 19.9 Å². The summed E-state index contributed by atoms with van der Waals surface area (Å²) in [6, 6.07) is 17.4. The monoisotopic (exact) mass is 570 g/mol. The van der Waals surface area contributed by atoms with E-state index < -0.39 is 5.91 Å². The van der Waals surface area contributed by atoms with Gasteiger partial charge in [0.2, 0.25) is 0 Å². The van der Waals surface area contributed by atoms with E-state index in [1.165, 1.54) is 4.90 Å². The van der Waals surface area contributed by atoms with E-state index in [9.17, 15) is 14.4 Å². The summed E-state index contributed by atoms with van der Waals surface area (Å²) >= 11 is 13.2. The highest BCUT2D eigenvalue weighted by Crippen LogP contribution is 2.36. The zero-order valence-corrected chi connectivity index (χ0v) is 23.0. The van der Waals surface area contributed by atoms with Crippen molar-refractivity contribution in [1.29, 1.82) is 0 Å². The summed E-state index contributed by atoms with van der Waals surface area (Å²) in [5, 5.41) is 3.42. The number of ether oxygens (including phenoxy) is 2. The maximum atomic E-state index is 12.9. The van der Waals surface area contributed by atoms with Crippen molar-refractivity contribution < 1.29 is 23.9 Å². The lowest BCUT2D eigenvalue weighted by atomic mass is 10.1. The number of anilines is 1. The molecule has 1 heterocycles. The Balaban J connectivity index is 1.44. The number of benzene rings is 3. The first-order valence-corrected chi connectivity index (χ1v) is 13.3. The van der Waals surface area contributed by atoms with Crippen molar-refractivity contribution in [1.82, 2.24) is 4.90 Å². The van der Waals surface area contributed by atoms with Crippen LogP contribution in [-0.2, 0) is 16.1 Å². The molecule has 196 valence electrons. The third kappa shape index (κ3) is 6.69. The molecule has 7 nitrogen and oxygen atoms in total. The van der Waals surface area contributed by atoms with Gasteiger partial charge in [0.15, 0.2) is 18.1 Å². The Labute approximate surface area is 234 Å². The Morgan fingerprint density at radius 1 is 1.00 bits per heavy atom. The van der Waals surface area contributed by atoms with Gasteiger partial charge in [-0.2, -0.15) is 0 Å². The van der Waals surface area contributed by atoms with Gasteiger partial charge in [-0.1, -0.05) is 53.5 Å². The zero-order chi connectivity index (χ0) is 27.2. The summed E-state index contributed by atoms with van der Waals surface area (Å²) in [6.45, 7) is 3.91. The standard InChI is InChI=1S/C28H24Cl2N2O5S/c1-3-36-24-12-18(9-11-23(24)37-16-26(33)31-20-10-8-17(2)22(30)14-20)13-25-27(34)32(28(35)38-25)15-19-6-4-5-7-21(19)29/h4-14H,3,15-16H2,1-2H3,(H,31,33)/b25-13-. The molecule has 0 bridgehead atoms. The number of rotatable bonds is 9. The molecule has 3 aromatic rings. The molecule has 1 N–H and O–H groups in total. The Hall–Kier alpha value is -3.46. The number of thioether (sulfide) groups is 1. The largest absolute Gasteiger partial charge is 0.490 e. The van der Waals surface area contributed by atoms with Gasteiger partial charge in [0, 0.05) is 15.7 Å². The Morgan fingerprint density at radius 3 is 2.53 bits per heavy atom. The van der Waals surface area contributed by atoms with E-state index in [0.29, 0.717) is 45.0 Å². The molecule has 3 aromatic carbocycles. The molecular formula is C28H24Cl2N2O5S. The van der Waals surface area contributed by atoms with Crippen molar-refractivity contribution in [3.05, 3.63) is 92.3 Å². The van der Waals surface area contributed by atoms with Crippen LogP contribution in [0.15, 0.2) is 65.6 Å². The van der Waals surface area contributed by atoms with Gasteiger partial charge in [-0.25, -0.2) is 0 Å². The van der Waals surface area contributed by atoms with E-state index in [4.69, 9.17) is 32.7 Å². The molecular weight excluding hydrogens is 547 g/mol. The first-order valence-electron chi connectivity index (χ1n) is 11.7. The van der Waals surface area contributed by atoms with Crippen LogP contribution in [0.3, 0.4) is 0 Å². The number of carbonyl (C=O) groups excluding carboxylic acids is 3.